The van der Waals surface area contributed by atoms with Gasteiger partial charge in [-0.15, -0.1) is 0 Å². The lowest BCUT2D eigenvalue weighted by molar-refractivity contribution is -0.141. The third kappa shape index (κ3) is 4.03. The number of carbonyl (C=O) groups excluding carboxylic acids is 2. The monoisotopic (exact) mass is 430 g/mol. The largest absolute Gasteiger partial charge is 0.468 e. The van der Waals surface area contributed by atoms with Gasteiger partial charge in [-0.3, -0.25) is 9.59 Å². The molecule has 9 heteroatoms. The van der Waals surface area contributed by atoms with E-state index < -0.39 is 11.9 Å². The molecule has 1 aliphatic heterocycles. The fraction of sp³-hybridized carbons (Fsp3) is 0.150. The number of ether oxygens (including phenoxy) is 3. The van der Waals surface area contributed by atoms with Gasteiger partial charge in [0.1, 0.15) is 6.54 Å². The average molecular weight is 431 g/mol. The molecule has 148 valence electrons. The highest BCUT2D eigenvalue weighted by Gasteiger charge is 2.19. The Morgan fingerprint density at radius 3 is 2.79 bits per heavy atom. The highest BCUT2D eigenvalue weighted by atomic mass is 35.5. The van der Waals surface area contributed by atoms with Gasteiger partial charge in [0.15, 0.2) is 16.3 Å². The summed E-state index contributed by atoms with van der Waals surface area (Å²) in [6, 6.07) is 10.7. The summed E-state index contributed by atoms with van der Waals surface area (Å²) in [6.45, 7) is 0.0582. The smallest absolute Gasteiger partial charge is 0.325 e. The van der Waals surface area contributed by atoms with Crippen LogP contribution >= 0.6 is 22.9 Å². The van der Waals surface area contributed by atoms with Crippen molar-refractivity contribution < 1.29 is 23.8 Å². The normalized spacial score (nSPS) is 13.4. The van der Waals surface area contributed by atoms with Gasteiger partial charge in [-0.25, -0.2) is 0 Å². The lowest BCUT2D eigenvalue weighted by Gasteiger charge is -2.04. The predicted molar refractivity (Wildman–Crippen MR) is 109 cm³/mol. The molecule has 0 saturated heterocycles. The maximum absolute atomic E-state index is 12.4. The summed E-state index contributed by atoms with van der Waals surface area (Å²) in [5.74, 6) is 0.254. The topological polar surface area (TPSA) is 79.1 Å². The number of fused-ring (bicyclic) bond motifs is 2. The third-order valence-corrected chi connectivity index (χ3v) is 5.59. The van der Waals surface area contributed by atoms with Crippen LogP contribution in [0.2, 0.25) is 5.02 Å². The minimum atomic E-state index is -0.477. The standard InChI is InChI=1S/C20H15ClN2O5S/c1-26-19(25)10-23-14-8-15-16(28-11-27-15)9-17(14)29-20(23)22-18(24)7-6-12-4-2-3-5-13(12)21/h2-9H,10-11H2,1H3/b7-6+,22-20?. The van der Waals surface area contributed by atoms with Crippen LogP contribution in [0.15, 0.2) is 47.5 Å². The van der Waals surface area contributed by atoms with Gasteiger partial charge in [0.05, 0.1) is 17.3 Å². The lowest BCUT2D eigenvalue weighted by atomic mass is 10.2. The molecule has 2 aromatic carbocycles. The van der Waals surface area contributed by atoms with Crippen molar-refractivity contribution in [1.29, 1.82) is 0 Å². The molecule has 1 aromatic heterocycles. The van der Waals surface area contributed by atoms with Crippen LogP contribution in [0.5, 0.6) is 11.5 Å². The van der Waals surface area contributed by atoms with Crippen LogP contribution in [0.25, 0.3) is 16.3 Å². The number of esters is 1. The molecular formula is C20H15ClN2O5S. The van der Waals surface area contributed by atoms with E-state index in [-0.39, 0.29) is 13.3 Å². The summed E-state index contributed by atoms with van der Waals surface area (Å²) in [4.78, 5) is 28.8. The van der Waals surface area contributed by atoms with Crippen LogP contribution in [0.3, 0.4) is 0 Å². The Morgan fingerprint density at radius 2 is 2.03 bits per heavy atom. The van der Waals surface area contributed by atoms with E-state index in [0.29, 0.717) is 32.4 Å². The molecule has 1 amide bonds. The predicted octanol–water partition coefficient (Wildman–Crippen LogP) is 3.40. The zero-order valence-corrected chi connectivity index (χ0v) is 16.8. The number of rotatable bonds is 4. The second-order valence-corrected chi connectivity index (χ2v) is 7.44. The van der Waals surface area contributed by atoms with Gasteiger partial charge < -0.3 is 18.8 Å². The van der Waals surface area contributed by atoms with Crippen LogP contribution in [0.4, 0.5) is 0 Å². The molecule has 3 aromatic rings. The molecule has 29 heavy (non-hydrogen) atoms. The summed E-state index contributed by atoms with van der Waals surface area (Å²) in [7, 11) is 1.31. The number of halogens is 1. The Balaban J connectivity index is 1.75. The maximum Gasteiger partial charge on any atom is 0.325 e. The fourth-order valence-electron chi connectivity index (χ4n) is 2.79. The molecular weight excluding hydrogens is 416 g/mol. The number of thiazole rings is 1. The molecule has 7 nitrogen and oxygen atoms in total. The van der Waals surface area contributed by atoms with Crippen molar-refractivity contribution >= 4 is 51.1 Å². The van der Waals surface area contributed by atoms with E-state index in [2.05, 4.69) is 4.99 Å². The molecule has 0 saturated carbocycles. The molecule has 2 heterocycles. The minimum absolute atomic E-state index is 0.0868. The Labute approximate surface area is 174 Å². The molecule has 4 rings (SSSR count). The highest BCUT2D eigenvalue weighted by molar-refractivity contribution is 7.16. The van der Waals surface area contributed by atoms with E-state index in [0.717, 1.165) is 4.70 Å². The Kier molecular flexibility index (Phi) is 5.37. The Hall–Kier alpha value is -3.10. The minimum Gasteiger partial charge on any atom is -0.468 e. The first-order chi connectivity index (χ1) is 14.0. The quantitative estimate of drug-likeness (QED) is 0.468. The van der Waals surface area contributed by atoms with E-state index in [1.54, 1.807) is 34.9 Å². The van der Waals surface area contributed by atoms with Crippen molar-refractivity contribution in [1.82, 2.24) is 4.57 Å². The number of methoxy groups -OCH3 is 1. The summed E-state index contributed by atoms with van der Waals surface area (Å²) < 4.78 is 18.0. The van der Waals surface area contributed by atoms with Crippen molar-refractivity contribution in [2.75, 3.05) is 13.9 Å². The zero-order chi connectivity index (χ0) is 20.4. The SMILES string of the molecule is COC(=O)Cn1c(=NC(=O)/C=C/c2ccccc2Cl)sc2cc3c(cc21)OCO3. The number of hydrogen-bond acceptors (Lipinski definition) is 6. The van der Waals surface area contributed by atoms with Gasteiger partial charge in [-0.2, -0.15) is 4.99 Å². The number of nitrogens with zero attached hydrogens (tertiary/aromatic N) is 2. The zero-order valence-electron chi connectivity index (χ0n) is 15.3. The van der Waals surface area contributed by atoms with Gasteiger partial charge in [-0.05, 0) is 17.7 Å². The van der Waals surface area contributed by atoms with Gasteiger partial charge in [0.25, 0.3) is 5.91 Å². The summed E-state index contributed by atoms with van der Waals surface area (Å²) in [6.07, 6.45) is 2.93. The number of hydrogen-bond donors (Lipinski definition) is 0. The summed E-state index contributed by atoms with van der Waals surface area (Å²) >= 11 is 7.37. The molecule has 0 spiro atoms. The summed E-state index contributed by atoms with van der Waals surface area (Å²) in [5, 5.41) is 0.536. The molecule has 0 unspecified atom stereocenters. The maximum atomic E-state index is 12.4. The molecule has 0 radical (unpaired) electrons. The van der Waals surface area contributed by atoms with E-state index in [4.69, 9.17) is 25.8 Å². The Bertz CT molecular complexity index is 1210. The van der Waals surface area contributed by atoms with Crippen LogP contribution < -0.4 is 14.3 Å². The van der Waals surface area contributed by atoms with Gasteiger partial charge in [0, 0.05) is 23.2 Å². The van der Waals surface area contributed by atoms with Crippen molar-refractivity contribution in [3.05, 3.63) is 57.9 Å². The highest BCUT2D eigenvalue weighted by Crippen LogP contribution is 2.37. The number of benzene rings is 2. The van der Waals surface area contributed by atoms with Crippen molar-refractivity contribution in [2.45, 2.75) is 6.54 Å². The molecule has 0 aliphatic carbocycles. The fourth-order valence-corrected chi connectivity index (χ4v) is 4.04. The molecule has 1 aliphatic rings. The number of aromatic nitrogens is 1. The van der Waals surface area contributed by atoms with Gasteiger partial charge in [-0.1, -0.05) is 41.1 Å². The number of amides is 1. The number of carbonyl (C=O) groups is 2. The van der Waals surface area contributed by atoms with Crippen LogP contribution in [-0.4, -0.2) is 30.3 Å². The lowest BCUT2D eigenvalue weighted by Crippen LogP contribution is -2.22. The van der Waals surface area contributed by atoms with Gasteiger partial charge >= 0.3 is 5.97 Å². The van der Waals surface area contributed by atoms with Gasteiger partial charge in [0.2, 0.25) is 6.79 Å². The van der Waals surface area contributed by atoms with E-state index in [9.17, 15) is 9.59 Å². The second-order valence-electron chi connectivity index (χ2n) is 6.02. The Morgan fingerprint density at radius 1 is 1.28 bits per heavy atom. The van der Waals surface area contributed by atoms with Crippen molar-refractivity contribution in [3.8, 4) is 11.5 Å². The van der Waals surface area contributed by atoms with Crippen LogP contribution in [0, 0.1) is 0 Å². The summed E-state index contributed by atoms with van der Waals surface area (Å²) in [5.41, 5.74) is 1.41. The van der Waals surface area contributed by atoms with Crippen LogP contribution in [-0.2, 0) is 20.9 Å². The van der Waals surface area contributed by atoms with E-state index in [1.165, 1.54) is 24.5 Å². The first-order valence-corrected chi connectivity index (χ1v) is 9.75. The average Bonchev–Trinajstić information content (AvgIpc) is 3.29. The van der Waals surface area contributed by atoms with Crippen molar-refractivity contribution in [2.24, 2.45) is 4.99 Å². The molecule has 0 N–H and O–H groups in total. The second kappa shape index (κ2) is 8.10. The third-order valence-electron chi connectivity index (χ3n) is 4.21. The first kappa shape index (κ1) is 19.2. The molecule has 0 bridgehead atoms. The van der Waals surface area contributed by atoms with E-state index >= 15 is 0 Å². The molecule has 0 fully saturated rings. The molecule has 0 atom stereocenters. The first-order valence-electron chi connectivity index (χ1n) is 8.56. The van der Waals surface area contributed by atoms with Crippen LogP contribution in [0.1, 0.15) is 5.56 Å². The van der Waals surface area contributed by atoms with Crippen molar-refractivity contribution in [3.63, 3.8) is 0 Å². The van der Waals surface area contributed by atoms with E-state index in [1.807, 2.05) is 12.1 Å².